The zero-order valence-electron chi connectivity index (χ0n) is 10.3. The lowest BCUT2D eigenvalue weighted by atomic mass is 10.1. The minimum atomic E-state index is -3.52. The monoisotopic (exact) mass is 263 g/mol. The molecule has 1 radical (unpaired) electrons. The van der Waals surface area contributed by atoms with Crippen LogP contribution in [0.5, 0.6) is 0 Å². The number of hydrogen-bond acceptors (Lipinski definition) is 3. The fourth-order valence-electron chi connectivity index (χ4n) is 2.00. The maximum atomic E-state index is 11.9. The van der Waals surface area contributed by atoms with Crippen molar-refractivity contribution >= 4 is 26.3 Å². The van der Waals surface area contributed by atoms with Crippen molar-refractivity contribution in [3.8, 4) is 0 Å². The minimum Gasteiger partial charge on any atom is -0.377 e. The summed E-state index contributed by atoms with van der Waals surface area (Å²) in [4.78, 5) is 2.18. The molecule has 0 aliphatic carbocycles. The van der Waals surface area contributed by atoms with E-state index in [1.165, 1.54) is 0 Å². The molecule has 0 fully saturated rings. The van der Waals surface area contributed by atoms with E-state index in [0.29, 0.717) is 5.39 Å². The molecular formula is C13H15N2O2S. The molecule has 4 nitrogen and oxygen atoms in total. The van der Waals surface area contributed by atoms with E-state index in [1.54, 1.807) is 18.2 Å². The van der Waals surface area contributed by atoms with Gasteiger partial charge in [-0.25, -0.2) is 14.2 Å². The van der Waals surface area contributed by atoms with E-state index in [9.17, 15) is 8.42 Å². The van der Waals surface area contributed by atoms with E-state index in [4.69, 9.17) is 5.73 Å². The molecule has 5 heteroatoms. The van der Waals surface area contributed by atoms with Gasteiger partial charge in [-0.05, 0) is 12.1 Å². The predicted octanol–water partition coefficient (Wildman–Crippen LogP) is 1.92. The summed E-state index contributed by atoms with van der Waals surface area (Å²) < 4.78 is 23.8. The summed E-state index contributed by atoms with van der Waals surface area (Å²) in [6.07, 6.45) is 0. The first kappa shape index (κ1) is 12.9. The maximum absolute atomic E-state index is 11.9. The Hall–Kier alpha value is -1.59. The number of fused-ring (bicyclic) bond motifs is 1. The highest BCUT2D eigenvalue weighted by molar-refractivity contribution is 7.91. The molecule has 0 aliphatic rings. The summed E-state index contributed by atoms with van der Waals surface area (Å²) in [7, 11) is 0.315. The van der Waals surface area contributed by atoms with Gasteiger partial charge in [0.15, 0.2) is 9.84 Å². The van der Waals surface area contributed by atoms with Crippen molar-refractivity contribution < 1.29 is 8.42 Å². The third kappa shape index (κ3) is 2.07. The van der Waals surface area contributed by atoms with Gasteiger partial charge < -0.3 is 4.90 Å². The zero-order valence-corrected chi connectivity index (χ0v) is 11.2. The van der Waals surface area contributed by atoms with Gasteiger partial charge >= 0.3 is 0 Å². The predicted molar refractivity (Wildman–Crippen MR) is 73.4 cm³/mol. The summed E-state index contributed by atoms with van der Waals surface area (Å²) in [6, 6.07) is 10.7. The molecule has 0 saturated carbocycles. The van der Waals surface area contributed by atoms with E-state index in [2.05, 4.69) is 0 Å². The Balaban J connectivity index is 2.84. The second-order valence-corrected chi connectivity index (χ2v) is 6.24. The molecule has 0 bridgehead atoms. The van der Waals surface area contributed by atoms with Crippen molar-refractivity contribution in [2.75, 3.05) is 24.9 Å². The van der Waals surface area contributed by atoms with Crippen LogP contribution in [0, 0.1) is 0 Å². The first-order valence-electron chi connectivity index (χ1n) is 5.54. The van der Waals surface area contributed by atoms with Crippen molar-refractivity contribution in [3.05, 3.63) is 36.4 Å². The topological polar surface area (TPSA) is 61.2 Å². The van der Waals surface area contributed by atoms with Gasteiger partial charge in [0.1, 0.15) is 5.88 Å². The Kier molecular flexibility index (Phi) is 3.28. The molecule has 0 heterocycles. The molecule has 18 heavy (non-hydrogen) atoms. The minimum absolute atomic E-state index is 0.235. The lowest BCUT2D eigenvalue weighted by Crippen LogP contribution is -2.11. The Morgan fingerprint density at radius 2 is 1.67 bits per heavy atom. The second-order valence-electron chi connectivity index (χ2n) is 4.28. The molecule has 2 aromatic rings. The third-order valence-corrected chi connectivity index (χ3v) is 4.27. The lowest BCUT2D eigenvalue weighted by Gasteiger charge is -2.16. The van der Waals surface area contributed by atoms with Crippen LogP contribution >= 0.6 is 0 Å². The molecule has 0 unspecified atom stereocenters. The van der Waals surface area contributed by atoms with Crippen LogP contribution in [0.4, 0.5) is 5.69 Å². The molecule has 95 valence electrons. The van der Waals surface area contributed by atoms with E-state index in [1.807, 2.05) is 37.2 Å². The summed E-state index contributed by atoms with van der Waals surface area (Å²) >= 11 is 0. The number of nitrogens with zero attached hydrogens (tertiary/aromatic N) is 1. The third-order valence-electron chi connectivity index (χ3n) is 2.87. The molecule has 0 aromatic heterocycles. The molecule has 2 rings (SSSR count). The number of nitrogens with one attached hydrogen (secondary N) is 1. The number of hydrogen-bond donors (Lipinski definition) is 0. The molecule has 0 aliphatic heterocycles. The highest BCUT2D eigenvalue weighted by Crippen LogP contribution is 2.30. The van der Waals surface area contributed by atoms with Gasteiger partial charge in [-0.1, -0.05) is 24.3 Å². The van der Waals surface area contributed by atoms with Crippen molar-refractivity contribution in [2.45, 2.75) is 4.90 Å². The number of sulfone groups is 1. The van der Waals surface area contributed by atoms with Crippen LogP contribution in [0.25, 0.3) is 10.8 Å². The Bertz CT molecular complexity index is 678. The molecule has 0 amide bonds. The largest absolute Gasteiger partial charge is 0.377 e. The van der Waals surface area contributed by atoms with Gasteiger partial charge in [0.2, 0.25) is 0 Å². The van der Waals surface area contributed by atoms with Crippen molar-refractivity contribution in [1.29, 1.82) is 0 Å². The average Bonchev–Trinajstić information content (AvgIpc) is 2.37. The van der Waals surface area contributed by atoms with Gasteiger partial charge in [0, 0.05) is 30.6 Å². The highest BCUT2D eigenvalue weighted by atomic mass is 32.2. The normalized spacial score (nSPS) is 11.7. The quantitative estimate of drug-likeness (QED) is 0.850. The standard InChI is InChI=1S/C13H15N2O2S/c1-15(2)12-7-3-6-11-10(12)5-4-8-13(11)18(16,17)9-14/h3-8,14H,9H2,1-2H3. The summed E-state index contributed by atoms with van der Waals surface area (Å²) in [5.41, 5.74) is 8.13. The van der Waals surface area contributed by atoms with Gasteiger partial charge in [0.05, 0.1) is 4.90 Å². The zero-order chi connectivity index (χ0) is 13.3. The molecular weight excluding hydrogens is 248 g/mol. The fourth-order valence-corrected chi connectivity index (χ4v) is 2.96. The fraction of sp³-hybridized carbons (Fsp3) is 0.231. The van der Waals surface area contributed by atoms with Crippen LogP contribution in [-0.2, 0) is 9.84 Å². The van der Waals surface area contributed by atoms with Crippen molar-refractivity contribution in [2.24, 2.45) is 0 Å². The van der Waals surface area contributed by atoms with Gasteiger partial charge in [-0.3, -0.25) is 0 Å². The van der Waals surface area contributed by atoms with Gasteiger partial charge in [-0.2, -0.15) is 0 Å². The smallest absolute Gasteiger partial charge is 0.193 e. The first-order valence-corrected chi connectivity index (χ1v) is 7.19. The van der Waals surface area contributed by atoms with E-state index < -0.39 is 15.7 Å². The number of rotatable bonds is 3. The van der Waals surface area contributed by atoms with Crippen molar-refractivity contribution in [3.63, 3.8) is 0 Å². The molecule has 0 saturated heterocycles. The van der Waals surface area contributed by atoms with Gasteiger partial charge in [-0.15, -0.1) is 0 Å². The lowest BCUT2D eigenvalue weighted by molar-refractivity contribution is 0.596. The summed E-state index contributed by atoms with van der Waals surface area (Å²) in [5.74, 6) is -0.627. The van der Waals surface area contributed by atoms with Crippen LogP contribution in [-0.4, -0.2) is 28.4 Å². The number of benzene rings is 2. The molecule has 2 aromatic carbocycles. The van der Waals surface area contributed by atoms with Crippen LogP contribution in [0.1, 0.15) is 0 Å². The molecule has 0 spiro atoms. The van der Waals surface area contributed by atoms with E-state index in [-0.39, 0.29) is 4.90 Å². The van der Waals surface area contributed by atoms with Crippen LogP contribution in [0.3, 0.4) is 0 Å². The Morgan fingerprint density at radius 3 is 2.28 bits per heavy atom. The first-order chi connectivity index (χ1) is 8.47. The molecule has 1 N–H and O–H groups in total. The van der Waals surface area contributed by atoms with Gasteiger partial charge in [0.25, 0.3) is 0 Å². The van der Waals surface area contributed by atoms with E-state index >= 15 is 0 Å². The number of anilines is 1. The maximum Gasteiger partial charge on any atom is 0.193 e. The molecule has 0 atom stereocenters. The van der Waals surface area contributed by atoms with E-state index in [0.717, 1.165) is 11.1 Å². The van der Waals surface area contributed by atoms with Crippen LogP contribution in [0.2, 0.25) is 0 Å². The average molecular weight is 263 g/mol. The SMILES string of the molecule is CN(C)c1cccc2c(S(=O)(=O)C[NH])cccc12. The Labute approximate surface area is 107 Å². The van der Waals surface area contributed by atoms with Crippen molar-refractivity contribution in [1.82, 2.24) is 5.73 Å². The second kappa shape index (κ2) is 4.59. The van der Waals surface area contributed by atoms with Crippen LogP contribution in [0.15, 0.2) is 41.3 Å². The summed E-state index contributed by atoms with van der Waals surface area (Å²) in [5, 5.41) is 1.56. The highest BCUT2D eigenvalue weighted by Gasteiger charge is 2.16. The Morgan fingerprint density at radius 1 is 1.06 bits per heavy atom. The summed E-state index contributed by atoms with van der Waals surface area (Å²) in [6.45, 7) is 0. The van der Waals surface area contributed by atoms with Crippen LogP contribution < -0.4 is 10.6 Å².